The maximum absolute atomic E-state index is 12.6. The lowest BCUT2D eigenvalue weighted by Gasteiger charge is -2.17. The molecule has 2 N–H and O–H groups in total. The van der Waals surface area contributed by atoms with Crippen molar-refractivity contribution in [1.82, 2.24) is 9.79 Å². The zero-order chi connectivity index (χ0) is 20.9. The summed E-state index contributed by atoms with van der Waals surface area (Å²) >= 11 is 0. The van der Waals surface area contributed by atoms with Gasteiger partial charge in [0.1, 0.15) is 10.6 Å². The first-order chi connectivity index (χ1) is 13.2. The number of amides is 2. The molecule has 2 aromatic rings. The van der Waals surface area contributed by atoms with Gasteiger partial charge in [0.2, 0.25) is 0 Å². The molecule has 0 unspecified atom stereocenters. The Morgan fingerprint density at radius 1 is 0.964 bits per heavy atom. The molecule has 0 aliphatic heterocycles. The third-order valence-electron chi connectivity index (χ3n) is 3.93. The third kappa shape index (κ3) is 4.47. The first kappa shape index (κ1) is 21.4. The predicted molar refractivity (Wildman–Crippen MR) is 103 cm³/mol. The number of carbonyl (C=O) groups is 2. The van der Waals surface area contributed by atoms with E-state index in [-0.39, 0.29) is 22.1 Å². The lowest BCUT2D eigenvalue weighted by molar-refractivity contribution is -0.0259. The van der Waals surface area contributed by atoms with Crippen molar-refractivity contribution in [2.45, 2.75) is 4.90 Å². The highest BCUT2D eigenvalue weighted by Crippen LogP contribution is 2.27. The minimum Gasteiger partial charge on any atom is -0.495 e. The van der Waals surface area contributed by atoms with Gasteiger partial charge in [-0.3, -0.25) is 14.4 Å². The molecule has 0 bridgehead atoms. The number of sulfonamides is 1. The van der Waals surface area contributed by atoms with Gasteiger partial charge < -0.3 is 15.4 Å². The molecule has 0 spiro atoms. The van der Waals surface area contributed by atoms with Gasteiger partial charge in [0.25, 0.3) is 21.8 Å². The van der Waals surface area contributed by atoms with Gasteiger partial charge in [-0.05, 0) is 42.5 Å². The Labute approximate surface area is 163 Å². The molecule has 0 atom stereocenters. The van der Waals surface area contributed by atoms with Crippen LogP contribution >= 0.6 is 0 Å². The Kier molecular flexibility index (Phi) is 6.73. The summed E-state index contributed by atoms with van der Waals surface area (Å²) in [5.74, 6) is -0.688. The van der Waals surface area contributed by atoms with Gasteiger partial charge in [-0.1, -0.05) is 4.47 Å². The van der Waals surface area contributed by atoms with Crippen molar-refractivity contribution in [3.05, 3.63) is 53.6 Å². The summed E-state index contributed by atoms with van der Waals surface area (Å²) in [5, 5.41) is 5.15. The summed E-state index contributed by atoms with van der Waals surface area (Å²) in [5.41, 5.74) is 1.01. The van der Waals surface area contributed by atoms with Crippen molar-refractivity contribution >= 4 is 27.5 Å². The van der Waals surface area contributed by atoms with Gasteiger partial charge in [-0.2, -0.15) is 0 Å². The summed E-state index contributed by atoms with van der Waals surface area (Å²) in [6.07, 6.45) is 0. The summed E-state index contributed by atoms with van der Waals surface area (Å²) in [7, 11) is 1.28. The molecular formula is C18H21N3O6S. The fourth-order valence-electron chi connectivity index (χ4n) is 2.31. The van der Waals surface area contributed by atoms with Crippen LogP contribution in [0.5, 0.6) is 5.75 Å². The van der Waals surface area contributed by atoms with Crippen LogP contribution in [0, 0.1) is 0 Å². The molecule has 9 nitrogen and oxygen atoms in total. The summed E-state index contributed by atoms with van der Waals surface area (Å²) in [6.45, 7) is 0. The van der Waals surface area contributed by atoms with Crippen molar-refractivity contribution in [2.24, 2.45) is 0 Å². The lowest BCUT2D eigenvalue weighted by Crippen LogP contribution is -2.26. The summed E-state index contributed by atoms with van der Waals surface area (Å²) in [4.78, 5) is 28.6. The van der Waals surface area contributed by atoms with E-state index in [1.54, 1.807) is 24.3 Å². The first-order valence-electron chi connectivity index (χ1n) is 8.09. The largest absolute Gasteiger partial charge is 0.495 e. The van der Waals surface area contributed by atoms with Gasteiger partial charge >= 0.3 is 0 Å². The second-order valence-corrected chi connectivity index (χ2v) is 7.48. The van der Waals surface area contributed by atoms with E-state index in [1.165, 1.54) is 46.5 Å². The number of rotatable bonds is 7. The lowest BCUT2D eigenvalue weighted by atomic mass is 10.1. The molecule has 0 saturated carbocycles. The maximum Gasteiger partial charge on any atom is 0.268 e. The highest BCUT2D eigenvalue weighted by Gasteiger charge is 2.26. The van der Waals surface area contributed by atoms with Crippen LogP contribution in [0.1, 0.15) is 20.7 Å². The number of carbonyl (C=O) groups excluding carboxylic acids is 2. The summed E-state index contributed by atoms with van der Waals surface area (Å²) in [6, 6.07) is 10.3. The fourth-order valence-corrected chi connectivity index (χ4v) is 3.46. The van der Waals surface area contributed by atoms with Crippen LogP contribution in [-0.4, -0.2) is 53.0 Å². The topological polar surface area (TPSA) is 114 Å². The highest BCUT2D eigenvalue weighted by molar-refractivity contribution is 7.89. The fraction of sp³-hybridized carbons (Fsp3) is 0.222. The summed E-state index contributed by atoms with van der Waals surface area (Å²) < 4.78 is 30.9. The molecule has 0 fully saturated rings. The highest BCUT2D eigenvalue weighted by atomic mass is 32.2. The van der Waals surface area contributed by atoms with Crippen LogP contribution in [0.3, 0.4) is 0 Å². The average Bonchev–Trinajstić information content (AvgIpc) is 2.72. The van der Waals surface area contributed by atoms with E-state index in [4.69, 9.17) is 9.57 Å². The molecule has 2 amide bonds. The Morgan fingerprint density at radius 3 is 2.11 bits per heavy atom. The average molecular weight is 407 g/mol. The molecule has 28 heavy (non-hydrogen) atoms. The van der Waals surface area contributed by atoms with Crippen LogP contribution in [-0.2, 0) is 14.9 Å². The van der Waals surface area contributed by atoms with Gasteiger partial charge in [0.15, 0.2) is 0 Å². The van der Waals surface area contributed by atoms with Crippen LogP contribution in [0.25, 0.3) is 0 Å². The molecule has 0 aromatic heterocycles. The normalized spacial score (nSPS) is 11.2. The van der Waals surface area contributed by atoms with Crippen LogP contribution < -0.4 is 15.4 Å². The van der Waals surface area contributed by atoms with Crippen molar-refractivity contribution in [3.63, 3.8) is 0 Å². The predicted octanol–water partition coefficient (Wildman–Crippen LogP) is 1.49. The zero-order valence-electron chi connectivity index (χ0n) is 15.8. The van der Waals surface area contributed by atoms with E-state index in [9.17, 15) is 18.0 Å². The van der Waals surface area contributed by atoms with Crippen LogP contribution in [0.2, 0.25) is 0 Å². The molecule has 10 heteroatoms. The molecular weight excluding hydrogens is 386 g/mol. The van der Waals surface area contributed by atoms with Gasteiger partial charge in [-0.15, -0.1) is 0 Å². The zero-order valence-corrected chi connectivity index (χ0v) is 16.7. The quantitative estimate of drug-likeness (QED) is 0.672. The smallest absolute Gasteiger partial charge is 0.268 e. The Balaban J connectivity index is 2.31. The number of nitrogens with one attached hydrogen (secondary N) is 2. The van der Waals surface area contributed by atoms with Crippen LogP contribution in [0.15, 0.2) is 47.4 Å². The number of hydrogen-bond acceptors (Lipinski definition) is 6. The van der Waals surface area contributed by atoms with Crippen molar-refractivity contribution in [2.75, 3.05) is 33.6 Å². The van der Waals surface area contributed by atoms with Crippen molar-refractivity contribution < 1.29 is 27.6 Å². The number of benzene rings is 2. The molecule has 0 radical (unpaired) electrons. The number of nitrogens with zero attached hydrogens (tertiary/aromatic N) is 1. The molecule has 0 aliphatic rings. The van der Waals surface area contributed by atoms with Crippen LogP contribution in [0.4, 0.5) is 5.69 Å². The third-order valence-corrected chi connectivity index (χ3v) is 5.63. The number of anilines is 1. The van der Waals surface area contributed by atoms with Gasteiger partial charge in [-0.25, -0.2) is 8.42 Å². The van der Waals surface area contributed by atoms with Crippen molar-refractivity contribution in [1.29, 1.82) is 0 Å². The van der Waals surface area contributed by atoms with Gasteiger partial charge in [0.05, 0.1) is 14.2 Å². The molecule has 0 saturated heterocycles. The van der Waals surface area contributed by atoms with E-state index in [0.717, 1.165) is 0 Å². The molecule has 2 rings (SSSR count). The van der Waals surface area contributed by atoms with Crippen molar-refractivity contribution in [3.8, 4) is 5.75 Å². The molecule has 2 aromatic carbocycles. The number of hydrogen-bond donors (Lipinski definition) is 2. The second kappa shape index (κ2) is 8.83. The van der Waals surface area contributed by atoms with E-state index in [2.05, 4.69) is 10.6 Å². The number of hydroxylamine groups is 1. The minimum absolute atomic E-state index is 0.0791. The van der Waals surface area contributed by atoms with E-state index < -0.39 is 15.9 Å². The molecule has 150 valence electrons. The van der Waals surface area contributed by atoms with E-state index in [0.29, 0.717) is 15.7 Å². The monoisotopic (exact) mass is 407 g/mol. The Hall–Kier alpha value is -2.95. The maximum atomic E-state index is 12.6. The number of ether oxygens (including phenoxy) is 1. The van der Waals surface area contributed by atoms with E-state index >= 15 is 0 Å². The second-order valence-electron chi connectivity index (χ2n) is 5.57. The minimum atomic E-state index is -4.02. The first-order valence-corrected chi connectivity index (χ1v) is 9.53. The van der Waals surface area contributed by atoms with E-state index in [1.807, 2.05) is 0 Å². The van der Waals surface area contributed by atoms with Gasteiger partial charge in [0, 0.05) is 30.9 Å². The SMILES string of the molecule is CNC(=O)c1ccc(NC(=O)c2ccc(OC)c(S(=O)(=O)N(C)OC)c2)cc1. The Morgan fingerprint density at radius 2 is 1.57 bits per heavy atom. The Bertz CT molecular complexity index is 973. The number of methoxy groups -OCH3 is 1. The molecule has 0 aliphatic carbocycles. The standard InChI is InChI=1S/C18H21N3O6S/c1-19-17(22)12-5-8-14(9-6-12)20-18(23)13-7-10-15(26-3)16(11-13)28(24,25)21(2)27-4/h5-11H,1-4H3,(H,19,22)(H,20,23). The molecule has 0 heterocycles.